The summed E-state index contributed by atoms with van der Waals surface area (Å²) in [4.78, 5) is 32.5. The third kappa shape index (κ3) is 4.28. The molecule has 2 aromatic heterocycles. The van der Waals surface area contributed by atoms with Crippen LogP contribution in [0.25, 0.3) is 22.6 Å². The molecule has 0 spiro atoms. The Labute approximate surface area is 192 Å². The number of allylic oxidation sites excluding steroid dienone is 1. The lowest BCUT2D eigenvalue weighted by Crippen LogP contribution is -2.49. The summed E-state index contributed by atoms with van der Waals surface area (Å²) in [6, 6.07) is 11.3. The lowest BCUT2D eigenvalue weighted by atomic mass is 10.0. The zero-order valence-electron chi connectivity index (χ0n) is 18.7. The zero-order valence-corrected chi connectivity index (χ0v) is 18.7. The number of esters is 1. The summed E-state index contributed by atoms with van der Waals surface area (Å²) in [7, 11) is 0. The molecule has 0 saturated carbocycles. The van der Waals surface area contributed by atoms with Crippen LogP contribution in [0, 0.1) is 0 Å². The van der Waals surface area contributed by atoms with Crippen LogP contribution < -0.4 is 0 Å². The van der Waals surface area contributed by atoms with E-state index in [1.54, 1.807) is 11.2 Å². The molecule has 2 atom stereocenters. The van der Waals surface area contributed by atoms with Crippen LogP contribution in [0.3, 0.4) is 0 Å². The van der Waals surface area contributed by atoms with Crippen molar-refractivity contribution in [3.8, 4) is 0 Å². The second-order valence-electron chi connectivity index (χ2n) is 8.65. The quantitative estimate of drug-likeness (QED) is 0.561. The van der Waals surface area contributed by atoms with Gasteiger partial charge in [0.1, 0.15) is 5.76 Å². The molecule has 7 nitrogen and oxygen atoms in total. The van der Waals surface area contributed by atoms with Gasteiger partial charge in [0.2, 0.25) is 0 Å². The number of fused-ring (bicyclic) bond motifs is 2. The van der Waals surface area contributed by atoms with E-state index in [0.717, 1.165) is 39.9 Å². The molecule has 1 aliphatic heterocycles. The minimum Gasteiger partial charge on any atom is -0.465 e. The number of rotatable bonds is 4. The Morgan fingerprint density at radius 3 is 2.67 bits per heavy atom. The first-order chi connectivity index (χ1) is 16.0. The van der Waals surface area contributed by atoms with Crippen LogP contribution >= 0.6 is 0 Å². The minimum atomic E-state index is -0.494. The molecule has 0 bridgehead atoms. The van der Waals surface area contributed by atoms with Gasteiger partial charge in [0.25, 0.3) is 5.91 Å². The van der Waals surface area contributed by atoms with Crippen molar-refractivity contribution in [3.63, 3.8) is 0 Å². The van der Waals surface area contributed by atoms with Crippen LogP contribution in [0.1, 0.15) is 47.6 Å². The molecule has 7 heteroatoms. The van der Waals surface area contributed by atoms with Gasteiger partial charge in [-0.3, -0.25) is 4.79 Å². The highest BCUT2D eigenvalue weighted by Crippen LogP contribution is 2.37. The van der Waals surface area contributed by atoms with Gasteiger partial charge in [-0.1, -0.05) is 18.2 Å². The number of nitrogens with zero attached hydrogens (tertiary/aromatic N) is 2. The minimum absolute atomic E-state index is 0.0415. The van der Waals surface area contributed by atoms with Crippen molar-refractivity contribution in [1.29, 1.82) is 0 Å². The summed E-state index contributed by atoms with van der Waals surface area (Å²) in [6.07, 6.45) is 4.94. The number of para-hydroxylation sites is 1. The molecule has 1 amide bonds. The van der Waals surface area contributed by atoms with Gasteiger partial charge in [-0.2, -0.15) is 0 Å². The number of furan rings is 1. The van der Waals surface area contributed by atoms with E-state index in [9.17, 15) is 9.59 Å². The number of hydrogen-bond donors (Lipinski definition) is 0. The van der Waals surface area contributed by atoms with E-state index in [-0.39, 0.29) is 24.7 Å². The van der Waals surface area contributed by atoms with Crippen LogP contribution in [0.5, 0.6) is 0 Å². The summed E-state index contributed by atoms with van der Waals surface area (Å²) in [5, 5.41) is 0.738. The number of ether oxygens (including phenoxy) is 2. The van der Waals surface area contributed by atoms with Gasteiger partial charge >= 0.3 is 5.97 Å². The first kappa shape index (κ1) is 21.4. The SMILES string of the molecule is CC1CN(C(=O)COC(=O)c2c3c(nc4ccccc24)C(=Cc2ccco2)CC3)CC(C)O1. The van der Waals surface area contributed by atoms with Crippen molar-refractivity contribution in [2.24, 2.45) is 0 Å². The fourth-order valence-corrected chi connectivity index (χ4v) is 4.73. The summed E-state index contributed by atoms with van der Waals surface area (Å²) in [5.41, 5.74) is 3.89. The van der Waals surface area contributed by atoms with Gasteiger partial charge in [-0.15, -0.1) is 0 Å². The molecular weight excluding hydrogens is 420 g/mol. The first-order valence-electron chi connectivity index (χ1n) is 11.3. The molecule has 0 radical (unpaired) electrons. The van der Waals surface area contributed by atoms with Gasteiger partial charge in [0, 0.05) is 18.5 Å². The molecule has 33 heavy (non-hydrogen) atoms. The highest BCUT2D eigenvalue weighted by Gasteiger charge is 2.30. The monoisotopic (exact) mass is 446 g/mol. The summed E-state index contributed by atoms with van der Waals surface area (Å²) in [5.74, 6) is 0.0436. The second-order valence-corrected chi connectivity index (χ2v) is 8.65. The van der Waals surface area contributed by atoms with Gasteiger partial charge in [0.05, 0.1) is 35.2 Å². The topological polar surface area (TPSA) is 81.9 Å². The van der Waals surface area contributed by atoms with E-state index >= 15 is 0 Å². The Kier molecular flexibility index (Phi) is 5.72. The van der Waals surface area contributed by atoms with Gasteiger partial charge < -0.3 is 18.8 Å². The molecule has 1 fully saturated rings. The van der Waals surface area contributed by atoms with Crippen molar-refractivity contribution in [2.75, 3.05) is 19.7 Å². The molecule has 5 rings (SSSR count). The van der Waals surface area contributed by atoms with Crippen molar-refractivity contribution in [3.05, 3.63) is 65.2 Å². The number of carbonyl (C=O) groups is 2. The smallest absolute Gasteiger partial charge is 0.339 e. The Morgan fingerprint density at radius 2 is 1.91 bits per heavy atom. The average Bonchev–Trinajstić information content (AvgIpc) is 3.45. The van der Waals surface area contributed by atoms with E-state index in [0.29, 0.717) is 25.1 Å². The van der Waals surface area contributed by atoms with Crippen molar-refractivity contribution < 1.29 is 23.5 Å². The Bertz CT molecular complexity index is 1220. The number of carbonyl (C=O) groups excluding carboxylic acids is 2. The maximum atomic E-state index is 13.3. The highest BCUT2D eigenvalue weighted by molar-refractivity contribution is 6.07. The zero-order chi connectivity index (χ0) is 22.9. The molecule has 1 saturated heterocycles. The lowest BCUT2D eigenvalue weighted by molar-refractivity contribution is -0.146. The molecule has 1 aliphatic carbocycles. The Balaban J connectivity index is 1.43. The van der Waals surface area contributed by atoms with Gasteiger partial charge in [-0.25, -0.2) is 9.78 Å². The fourth-order valence-electron chi connectivity index (χ4n) is 4.73. The van der Waals surface area contributed by atoms with Crippen molar-refractivity contribution in [1.82, 2.24) is 9.88 Å². The van der Waals surface area contributed by atoms with Crippen LogP contribution in [0.2, 0.25) is 0 Å². The molecule has 0 N–H and O–H groups in total. The van der Waals surface area contributed by atoms with E-state index in [2.05, 4.69) is 0 Å². The predicted molar refractivity (Wildman–Crippen MR) is 124 cm³/mol. The Hall–Kier alpha value is -3.45. The molecule has 2 aliphatic rings. The molecular formula is C26H26N2O5. The second kappa shape index (κ2) is 8.83. The van der Waals surface area contributed by atoms with Crippen LogP contribution in [0.4, 0.5) is 0 Å². The van der Waals surface area contributed by atoms with Crippen LogP contribution in [-0.2, 0) is 20.7 Å². The first-order valence-corrected chi connectivity index (χ1v) is 11.3. The number of aromatic nitrogens is 1. The standard InChI is InChI=1S/C26H26N2O5/c1-16-13-28(14-17(2)33-16)23(29)15-32-26(30)24-20-7-3-4-8-22(20)27-25-18(9-10-21(24)25)12-19-6-5-11-31-19/h3-8,11-12,16-17H,9-10,13-15H2,1-2H3. The van der Waals surface area contributed by atoms with E-state index in [1.807, 2.05) is 56.3 Å². The Morgan fingerprint density at radius 1 is 1.12 bits per heavy atom. The number of benzene rings is 1. The van der Waals surface area contributed by atoms with E-state index in [4.69, 9.17) is 18.9 Å². The van der Waals surface area contributed by atoms with Crippen LogP contribution in [0.15, 0.2) is 47.1 Å². The highest BCUT2D eigenvalue weighted by atomic mass is 16.5. The van der Waals surface area contributed by atoms with E-state index in [1.165, 1.54) is 0 Å². The van der Waals surface area contributed by atoms with Crippen molar-refractivity contribution >= 4 is 34.4 Å². The van der Waals surface area contributed by atoms with E-state index < -0.39 is 5.97 Å². The average molecular weight is 447 g/mol. The normalized spacial score (nSPS) is 21.4. The third-order valence-electron chi connectivity index (χ3n) is 6.10. The molecule has 3 aromatic rings. The molecule has 3 heterocycles. The molecule has 170 valence electrons. The number of hydrogen-bond acceptors (Lipinski definition) is 6. The maximum absolute atomic E-state index is 13.3. The van der Waals surface area contributed by atoms with Gasteiger partial charge in [0.15, 0.2) is 6.61 Å². The fraction of sp³-hybridized carbons (Fsp3) is 0.346. The summed E-state index contributed by atoms with van der Waals surface area (Å²) in [6.45, 7) is 4.56. The number of amides is 1. The maximum Gasteiger partial charge on any atom is 0.339 e. The third-order valence-corrected chi connectivity index (χ3v) is 6.10. The van der Waals surface area contributed by atoms with Gasteiger partial charge in [-0.05, 0) is 62.1 Å². The van der Waals surface area contributed by atoms with Crippen LogP contribution in [-0.4, -0.2) is 53.7 Å². The van der Waals surface area contributed by atoms with Crippen molar-refractivity contribution in [2.45, 2.75) is 38.9 Å². The largest absolute Gasteiger partial charge is 0.465 e. The number of morpholine rings is 1. The molecule has 1 aromatic carbocycles. The summed E-state index contributed by atoms with van der Waals surface area (Å²) < 4.78 is 16.7. The summed E-state index contributed by atoms with van der Waals surface area (Å²) >= 11 is 0. The number of pyridine rings is 1. The molecule has 2 unspecified atom stereocenters. The lowest BCUT2D eigenvalue weighted by Gasteiger charge is -2.35. The predicted octanol–water partition coefficient (Wildman–Crippen LogP) is 4.11.